The smallest absolute Gasteiger partial charge is 0.321 e. The van der Waals surface area contributed by atoms with E-state index in [1.165, 1.54) is 18.2 Å². The van der Waals surface area contributed by atoms with E-state index in [1.54, 1.807) is 13.0 Å². The first-order valence-electron chi connectivity index (χ1n) is 6.46. The van der Waals surface area contributed by atoms with E-state index in [-0.39, 0.29) is 19.3 Å². The van der Waals surface area contributed by atoms with Crippen molar-refractivity contribution in [3.8, 4) is 0 Å². The van der Waals surface area contributed by atoms with Crippen LogP contribution >= 0.6 is 0 Å². The molecule has 0 aromatic heterocycles. The summed E-state index contributed by atoms with van der Waals surface area (Å²) < 4.78 is 13.0. The van der Waals surface area contributed by atoms with Gasteiger partial charge in [-0.15, -0.1) is 0 Å². The molecule has 0 aliphatic carbocycles. The van der Waals surface area contributed by atoms with Crippen LogP contribution in [0.5, 0.6) is 0 Å². The number of carbonyl (C=O) groups is 3. The Labute approximate surface area is 121 Å². The standard InChI is InChI=1S/C14H17FN2O4/c1-9(10-4-2-5-11(15)8-10)16-14(21)17-12(18)6-3-7-13(19)20/h2,4-5,8-9H,3,6-7H2,1H3,(H,19,20)(H2,16,17,18,21). The van der Waals surface area contributed by atoms with Crippen molar-refractivity contribution in [2.75, 3.05) is 0 Å². The predicted molar refractivity (Wildman–Crippen MR) is 73.0 cm³/mol. The molecule has 0 saturated carbocycles. The Kier molecular flexibility index (Phi) is 6.32. The number of hydrogen-bond acceptors (Lipinski definition) is 3. The van der Waals surface area contributed by atoms with E-state index in [4.69, 9.17) is 5.11 Å². The van der Waals surface area contributed by atoms with Crippen molar-refractivity contribution in [1.82, 2.24) is 10.6 Å². The molecule has 0 saturated heterocycles. The first-order valence-corrected chi connectivity index (χ1v) is 6.46. The number of rotatable bonds is 6. The Balaban J connectivity index is 2.39. The average molecular weight is 296 g/mol. The third kappa shape index (κ3) is 6.51. The Morgan fingerprint density at radius 1 is 1.29 bits per heavy atom. The molecule has 0 heterocycles. The second-order valence-electron chi connectivity index (χ2n) is 4.55. The Bertz CT molecular complexity index is 533. The summed E-state index contributed by atoms with van der Waals surface area (Å²) in [6.07, 6.45) is -0.0172. The maximum absolute atomic E-state index is 13.0. The number of imide groups is 1. The number of carboxylic acids is 1. The highest BCUT2D eigenvalue weighted by Crippen LogP contribution is 2.13. The summed E-state index contributed by atoms with van der Waals surface area (Å²) in [5.41, 5.74) is 0.573. The highest BCUT2D eigenvalue weighted by Gasteiger charge is 2.12. The van der Waals surface area contributed by atoms with Gasteiger partial charge in [-0.2, -0.15) is 0 Å². The molecule has 1 atom stereocenters. The van der Waals surface area contributed by atoms with E-state index in [9.17, 15) is 18.8 Å². The van der Waals surface area contributed by atoms with E-state index in [2.05, 4.69) is 10.6 Å². The number of carbonyl (C=O) groups excluding carboxylic acids is 2. The van der Waals surface area contributed by atoms with Crippen LogP contribution in [0.1, 0.15) is 37.8 Å². The van der Waals surface area contributed by atoms with Crippen LogP contribution in [0.3, 0.4) is 0 Å². The molecule has 1 aromatic rings. The summed E-state index contributed by atoms with van der Waals surface area (Å²) in [6.45, 7) is 1.66. The van der Waals surface area contributed by atoms with Gasteiger partial charge in [0.1, 0.15) is 5.82 Å². The molecule has 7 heteroatoms. The zero-order valence-electron chi connectivity index (χ0n) is 11.6. The van der Waals surface area contributed by atoms with E-state index >= 15 is 0 Å². The van der Waals surface area contributed by atoms with Crippen LogP contribution in [0.4, 0.5) is 9.18 Å². The van der Waals surface area contributed by atoms with Gasteiger partial charge in [-0.25, -0.2) is 9.18 Å². The van der Waals surface area contributed by atoms with Gasteiger partial charge in [-0.05, 0) is 31.0 Å². The molecule has 1 rings (SSSR count). The van der Waals surface area contributed by atoms with Crippen molar-refractivity contribution in [2.24, 2.45) is 0 Å². The molecular weight excluding hydrogens is 279 g/mol. The molecular formula is C14H17FN2O4. The molecule has 21 heavy (non-hydrogen) atoms. The zero-order valence-corrected chi connectivity index (χ0v) is 11.6. The molecule has 1 aromatic carbocycles. The van der Waals surface area contributed by atoms with Crippen molar-refractivity contribution < 1.29 is 23.9 Å². The monoisotopic (exact) mass is 296 g/mol. The van der Waals surface area contributed by atoms with E-state index in [1.807, 2.05) is 0 Å². The lowest BCUT2D eigenvalue weighted by Crippen LogP contribution is -2.40. The van der Waals surface area contributed by atoms with Crippen molar-refractivity contribution in [3.05, 3.63) is 35.6 Å². The van der Waals surface area contributed by atoms with Gasteiger partial charge in [0, 0.05) is 12.8 Å². The number of aliphatic carboxylic acids is 1. The Morgan fingerprint density at radius 3 is 2.62 bits per heavy atom. The molecule has 0 aliphatic heterocycles. The summed E-state index contributed by atoms with van der Waals surface area (Å²) in [5, 5.41) is 13.0. The van der Waals surface area contributed by atoms with Crippen LogP contribution in [0.25, 0.3) is 0 Å². The van der Waals surface area contributed by atoms with Gasteiger partial charge in [0.25, 0.3) is 0 Å². The van der Waals surface area contributed by atoms with Crippen molar-refractivity contribution in [3.63, 3.8) is 0 Å². The Hall–Kier alpha value is -2.44. The van der Waals surface area contributed by atoms with E-state index < -0.39 is 29.8 Å². The van der Waals surface area contributed by atoms with Crippen LogP contribution in [-0.4, -0.2) is 23.0 Å². The van der Waals surface area contributed by atoms with Gasteiger partial charge < -0.3 is 10.4 Å². The number of nitrogens with one attached hydrogen (secondary N) is 2. The van der Waals surface area contributed by atoms with Gasteiger partial charge in [0.05, 0.1) is 6.04 Å². The van der Waals surface area contributed by atoms with Crippen molar-refractivity contribution in [1.29, 1.82) is 0 Å². The molecule has 6 nitrogen and oxygen atoms in total. The number of urea groups is 1. The van der Waals surface area contributed by atoms with Crippen LogP contribution < -0.4 is 10.6 Å². The summed E-state index contributed by atoms with van der Waals surface area (Å²) in [4.78, 5) is 33.2. The number of halogens is 1. The van der Waals surface area contributed by atoms with Gasteiger partial charge in [0.2, 0.25) is 5.91 Å². The predicted octanol–water partition coefficient (Wildman–Crippen LogP) is 1.97. The third-order valence-corrected chi connectivity index (χ3v) is 2.74. The number of carboxylic acid groups (broad SMARTS) is 1. The van der Waals surface area contributed by atoms with Gasteiger partial charge >= 0.3 is 12.0 Å². The molecule has 3 N–H and O–H groups in total. The minimum Gasteiger partial charge on any atom is -0.481 e. The highest BCUT2D eigenvalue weighted by atomic mass is 19.1. The SMILES string of the molecule is CC(NC(=O)NC(=O)CCCC(=O)O)c1cccc(F)c1. The van der Waals surface area contributed by atoms with E-state index in [0.29, 0.717) is 5.56 Å². The summed E-state index contributed by atoms with van der Waals surface area (Å²) >= 11 is 0. The Morgan fingerprint density at radius 2 is 2.00 bits per heavy atom. The number of hydrogen-bond donors (Lipinski definition) is 3. The topological polar surface area (TPSA) is 95.5 Å². The van der Waals surface area contributed by atoms with Crippen LogP contribution in [0.15, 0.2) is 24.3 Å². The van der Waals surface area contributed by atoms with Crippen LogP contribution in [-0.2, 0) is 9.59 Å². The minimum atomic E-state index is -0.994. The van der Waals surface area contributed by atoms with Crippen LogP contribution in [0, 0.1) is 5.82 Å². The van der Waals surface area contributed by atoms with Gasteiger partial charge in [-0.3, -0.25) is 14.9 Å². The second kappa shape index (κ2) is 7.98. The molecule has 1 unspecified atom stereocenters. The summed E-state index contributed by atoms with van der Waals surface area (Å²) in [6, 6.07) is 4.60. The zero-order chi connectivity index (χ0) is 15.8. The minimum absolute atomic E-state index is 0.0476. The maximum atomic E-state index is 13.0. The molecule has 0 radical (unpaired) electrons. The fourth-order valence-corrected chi connectivity index (χ4v) is 1.68. The molecule has 0 fully saturated rings. The van der Waals surface area contributed by atoms with Crippen molar-refractivity contribution >= 4 is 17.9 Å². The second-order valence-corrected chi connectivity index (χ2v) is 4.55. The third-order valence-electron chi connectivity index (χ3n) is 2.74. The lowest BCUT2D eigenvalue weighted by molar-refractivity contribution is -0.137. The normalized spacial score (nSPS) is 11.5. The quantitative estimate of drug-likeness (QED) is 0.748. The van der Waals surface area contributed by atoms with Crippen molar-refractivity contribution in [2.45, 2.75) is 32.2 Å². The first kappa shape index (κ1) is 16.6. The maximum Gasteiger partial charge on any atom is 0.321 e. The van der Waals surface area contributed by atoms with E-state index in [0.717, 1.165) is 0 Å². The molecule has 3 amide bonds. The number of benzene rings is 1. The van der Waals surface area contributed by atoms with Gasteiger partial charge in [-0.1, -0.05) is 12.1 Å². The lowest BCUT2D eigenvalue weighted by Gasteiger charge is -2.14. The largest absolute Gasteiger partial charge is 0.481 e. The average Bonchev–Trinajstić information content (AvgIpc) is 2.37. The van der Waals surface area contributed by atoms with Gasteiger partial charge in [0.15, 0.2) is 0 Å². The number of amides is 3. The fraction of sp³-hybridized carbons (Fsp3) is 0.357. The molecule has 0 spiro atoms. The lowest BCUT2D eigenvalue weighted by atomic mass is 10.1. The summed E-state index contributed by atoms with van der Waals surface area (Å²) in [5.74, 6) is -1.96. The molecule has 0 bridgehead atoms. The summed E-state index contributed by atoms with van der Waals surface area (Å²) in [7, 11) is 0. The van der Waals surface area contributed by atoms with Crippen LogP contribution in [0.2, 0.25) is 0 Å². The fourth-order valence-electron chi connectivity index (χ4n) is 1.68. The first-order chi connectivity index (χ1) is 9.88. The molecule has 114 valence electrons. The molecule has 0 aliphatic rings. The highest BCUT2D eigenvalue weighted by molar-refractivity contribution is 5.94.